The van der Waals surface area contributed by atoms with Crippen molar-refractivity contribution < 1.29 is 0 Å². The second-order valence-corrected chi connectivity index (χ2v) is 5.46. The molecule has 0 spiro atoms. The second-order valence-electron chi connectivity index (χ2n) is 5.46. The Morgan fingerprint density at radius 3 is 2.38 bits per heavy atom. The number of fused-ring (bicyclic) bond motifs is 5. The van der Waals surface area contributed by atoms with E-state index in [4.69, 9.17) is 0 Å². The molecule has 4 rings (SSSR count). The fourth-order valence-electron chi connectivity index (χ4n) is 4.19. The minimum atomic E-state index is 0.842. The highest BCUT2D eigenvalue weighted by Crippen LogP contribution is 2.63. The first-order valence-corrected chi connectivity index (χ1v) is 6.30. The van der Waals surface area contributed by atoms with E-state index in [1.165, 1.54) is 12.0 Å². The summed E-state index contributed by atoms with van der Waals surface area (Å²) in [6.45, 7) is 2.35. The number of allylic oxidation sites excluding steroid dienone is 4. The lowest BCUT2D eigenvalue weighted by atomic mass is 9.62. The van der Waals surface area contributed by atoms with Crippen LogP contribution in [0.2, 0.25) is 0 Å². The normalized spacial score (nSPS) is 38.8. The Kier molecular flexibility index (Phi) is 1.59. The van der Waals surface area contributed by atoms with Crippen LogP contribution in [0.4, 0.5) is 0 Å². The van der Waals surface area contributed by atoms with Crippen LogP contribution in [-0.4, -0.2) is 0 Å². The Bertz CT molecular complexity index is 492. The first kappa shape index (κ1) is 8.81. The third-order valence-electron chi connectivity index (χ3n) is 4.80. The predicted molar refractivity (Wildman–Crippen MR) is 66.8 cm³/mol. The highest BCUT2D eigenvalue weighted by molar-refractivity contribution is 5.78. The van der Waals surface area contributed by atoms with Gasteiger partial charge in [-0.05, 0) is 48.2 Å². The zero-order valence-electron chi connectivity index (χ0n) is 9.56. The lowest BCUT2D eigenvalue weighted by molar-refractivity contribution is 0.391. The first-order chi connectivity index (χ1) is 7.86. The van der Waals surface area contributed by atoms with Crippen LogP contribution >= 0.6 is 0 Å². The van der Waals surface area contributed by atoms with Gasteiger partial charge >= 0.3 is 0 Å². The van der Waals surface area contributed by atoms with Crippen LogP contribution < -0.4 is 0 Å². The lowest BCUT2D eigenvalue weighted by Gasteiger charge is -2.42. The molecule has 0 amide bonds. The molecule has 1 aromatic rings. The summed E-state index contributed by atoms with van der Waals surface area (Å²) in [7, 11) is 0. The van der Waals surface area contributed by atoms with Crippen LogP contribution in [0, 0.1) is 23.7 Å². The van der Waals surface area contributed by atoms with Crippen molar-refractivity contribution in [3.63, 3.8) is 0 Å². The summed E-state index contributed by atoms with van der Waals surface area (Å²) < 4.78 is 0. The van der Waals surface area contributed by atoms with E-state index < -0.39 is 0 Å². The number of benzene rings is 1. The molecule has 0 radical (unpaired) electrons. The van der Waals surface area contributed by atoms with E-state index in [1.807, 2.05) is 0 Å². The molecule has 0 aliphatic heterocycles. The van der Waals surface area contributed by atoms with Crippen molar-refractivity contribution in [3.05, 3.63) is 53.6 Å². The lowest BCUT2D eigenvalue weighted by Crippen LogP contribution is -2.32. The minimum absolute atomic E-state index is 0.842. The van der Waals surface area contributed by atoms with E-state index in [0.29, 0.717) is 0 Å². The van der Waals surface area contributed by atoms with Gasteiger partial charge in [-0.25, -0.2) is 0 Å². The van der Waals surface area contributed by atoms with Gasteiger partial charge in [0.2, 0.25) is 0 Å². The average molecular weight is 208 g/mol. The highest BCUT2D eigenvalue weighted by atomic mass is 14.6. The summed E-state index contributed by atoms with van der Waals surface area (Å²) >= 11 is 0. The maximum Gasteiger partial charge on any atom is -0.00219 e. The van der Waals surface area contributed by atoms with E-state index >= 15 is 0 Å². The Morgan fingerprint density at radius 2 is 1.62 bits per heavy atom. The summed E-state index contributed by atoms with van der Waals surface area (Å²) in [5.41, 5.74) is 4.78. The summed E-state index contributed by atoms with van der Waals surface area (Å²) in [4.78, 5) is 0. The largest absolute Gasteiger partial charge is 0.0845 e. The van der Waals surface area contributed by atoms with Gasteiger partial charge in [-0.3, -0.25) is 0 Å². The quantitative estimate of drug-likeness (QED) is 0.614. The maximum absolute atomic E-state index is 2.46. The zero-order chi connectivity index (χ0) is 10.7. The summed E-state index contributed by atoms with van der Waals surface area (Å²) in [6.07, 6.45) is 6.32. The van der Waals surface area contributed by atoms with E-state index in [-0.39, 0.29) is 0 Å². The van der Waals surface area contributed by atoms with Gasteiger partial charge in [-0.2, -0.15) is 0 Å². The Labute approximate surface area is 96.7 Å². The molecule has 3 aliphatic rings. The molecule has 80 valence electrons. The highest BCUT2D eigenvalue weighted by Gasteiger charge is 2.53. The fraction of sp³-hybridized carbons (Fsp3) is 0.375. The Morgan fingerprint density at radius 1 is 0.938 bits per heavy atom. The number of hydrogen-bond donors (Lipinski definition) is 0. The van der Waals surface area contributed by atoms with Crippen LogP contribution in [0.15, 0.2) is 48.1 Å². The molecule has 2 bridgehead atoms. The molecule has 1 aromatic carbocycles. The van der Waals surface area contributed by atoms with E-state index in [1.54, 1.807) is 11.1 Å². The summed E-state index contributed by atoms with van der Waals surface area (Å²) in [5.74, 6) is 3.43. The molecule has 0 unspecified atom stereocenters. The van der Waals surface area contributed by atoms with Crippen molar-refractivity contribution >= 4 is 5.57 Å². The van der Waals surface area contributed by atoms with Crippen molar-refractivity contribution in [1.82, 2.24) is 0 Å². The SMILES string of the molecule is CC1=C(c2ccccc2)[C@@H]2[C@H]1[C@H]1C=C[C@@H]2C1. The first-order valence-electron chi connectivity index (χ1n) is 6.30. The van der Waals surface area contributed by atoms with Crippen LogP contribution in [0.25, 0.3) is 5.57 Å². The molecule has 0 nitrogen and oxygen atoms in total. The number of hydrogen-bond acceptors (Lipinski definition) is 0. The van der Waals surface area contributed by atoms with Crippen LogP contribution in [0.1, 0.15) is 18.9 Å². The minimum Gasteiger partial charge on any atom is -0.0845 e. The molecule has 1 saturated carbocycles. The van der Waals surface area contributed by atoms with Crippen molar-refractivity contribution in [2.45, 2.75) is 13.3 Å². The van der Waals surface area contributed by atoms with E-state index in [2.05, 4.69) is 49.4 Å². The molecule has 0 heterocycles. The Hall–Kier alpha value is -1.30. The molecular formula is C16H16. The molecular weight excluding hydrogens is 192 g/mol. The summed E-state index contributed by atoms with van der Waals surface area (Å²) in [6, 6.07) is 11.0. The van der Waals surface area contributed by atoms with E-state index in [0.717, 1.165) is 23.7 Å². The van der Waals surface area contributed by atoms with Gasteiger partial charge in [-0.1, -0.05) is 48.1 Å². The summed E-state index contributed by atoms with van der Waals surface area (Å²) in [5, 5.41) is 0. The third-order valence-corrected chi connectivity index (χ3v) is 4.80. The van der Waals surface area contributed by atoms with Crippen LogP contribution in [0.3, 0.4) is 0 Å². The number of rotatable bonds is 1. The molecule has 3 aliphatic carbocycles. The molecule has 4 atom stereocenters. The average Bonchev–Trinajstić information content (AvgIpc) is 2.87. The van der Waals surface area contributed by atoms with E-state index in [9.17, 15) is 0 Å². The second kappa shape index (κ2) is 2.88. The topological polar surface area (TPSA) is 0 Å². The molecule has 0 aromatic heterocycles. The van der Waals surface area contributed by atoms with Crippen LogP contribution in [-0.2, 0) is 0 Å². The van der Waals surface area contributed by atoms with Gasteiger partial charge < -0.3 is 0 Å². The van der Waals surface area contributed by atoms with Crippen molar-refractivity contribution in [2.24, 2.45) is 23.7 Å². The maximum atomic E-state index is 2.46. The monoisotopic (exact) mass is 208 g/mol. The van der Waals surface area contributed by atoms with Crippen LogP contribution in [0.5, 0.6) is 0 Å². The van der Waals surface area contributed by atoms with Gasteiger partial charge in [0.25, 0.3) is 0 Å². The van der Waals surface area contributed by atoms with Crippen molar-refractivity contribution in [2.75, 3.05) is 0 Å². The zero-order valence-corrected chi connectivity index (χ0v) is 9.56. The Balaban J connectivity index is 1.80. The van der Waals surface area contributed by atoms with Gasteiger partial charge in [0.05, 0.1) is 0 Å². The molecule has 0 heteroatoms. The van der Waals surface area contributed by atoms with Crippen molar-refractivity contribution in [1.29, 1.82) is 0 Å². The van der Waals surface area contributed by atoms with Gasteiger partial charge in [0.15, 0.2) is 0 Å². The van der Waals surface area contributed by atoms with Gasteiger partial charge in [-0.15, -0.1) is 0 Å². The fourth-order valence-corrected chi connectivity index (χ4v) is 4.19. The standard InChI is InChI=1S/C16H16/c1-10-14(11-5-3-2-4-6-11)16-13-8-7-12(9-13)15(10)16/h2-8,12-13,15-16H,9H2,1H3/t12-,13+,15+,16+/m0/s1. The van der Waals surface area contributed by atoms with Gasteiger partial charge in [0.1, 0.15) is 0 Å². The predicted octanol–water partition coefficient (Wildman–Crippen LogP) is 3.91. The molecule has 16 heavy (non-hydrogen) atoms. The smallest absolute Gasteiger partial charge is 0.00219 e. The third kappa shape index (κ3) is 0.910. The molecule has 0 saturated heterocycles. The molecule has 1 fully saturated rings. The van der Waals surface area contributed by atoms with Gasteiger partial charge in [0, 0.05) is 0 Å². The molecule has 0 N–H and O–H groups in total. The van der Waals surface area contributed by atoms with Crippen molar-refractivity contribution in [3.8, 4) is 0 Å².